The smallest absolute Gasteiger partial charge is 0.299 e. The number of Topliss-reactive ketones (excluding diaryl/α,β-unsaturated/α-hetero) is 1. The molecule has 1 heterocycles. The molecule has 19 heavy (non-hydrogen) atoms. The first-order valence-electron chi connectivity index (χ1n) is 6.03. The summed E-state index contributed by atoms with van der Waals surface area (Å²) in [7, 11) is 1.61. The summed E-state index contributed by atoms with van der Waals surface area (Å²) >= 11 is 0. The van der Waals surface area contributed by atoms with Gasteiger partial charge in [0.2, 0.25) is 0 Å². The zero-order valence-corrected chi connectivity index (χ0v) is 10.9. The summed E-state index contributed by atoms with van der Waals surface area (Å²) in [5.74, 6) is -0.922. The maximum absolute atomic E-state index is 11.7. The first kappa shape index (κ1) is 13.1. The molecule has 0 spiro atoms. The summed E-state index contributed by atoms with van der Waals surface area (Å²) in [5.41, 5.74) is 2.06. The van der Waals surface area contributed by atoms with Gasteiger partial charge in [0.1, 0.15) is 0 Å². The van der Waals surface area contributed by atoms with E-state index in [0.717, 1.165) is 5.69 Å². The van der Waals surface area contributed by atoms with Crippen LogP contribution in [0.25, 0.3) is 0 Å². The summed E-state index contributed by atoms with van der Waals surface area (Å²) in [6.45, 7) is 8.80. The molecule has 98 valence electrons. The molecule has 0 N–H and O–H groups in total. The van der Waals surface area contributed by atoms with Gasteiger partial charge in [0.25, 0.3) is 11.7 Å². The van der Waals surface area contributed by atoms with Gasteiger partial charge in [-0.15, -0.1) is 13.2 Å². The van der Waals surface area contributed by atoms with Gasteiger partial charge in [0.15, 0.2) is 0 Å². The lowest BCUT2D eigenvalue weighted by molar-refractivity contribution is -0.114. The number of ketones is 1. The molecule has 1 aromatic rings. The lowest BCUT2D eigenvalue weighted by Gasteiger charge is -2.22. The monoisotopic (exact) mass is 256 g/mol. The Morgan fingerprint density at radius 2 is 1.84 bits per heavy atom. The number of anilines is 2. The molecule has 0 aromatic heterocycles. The molecular formula is C15H16N2O2. The summed E-state index contributed by atoms with van der Waals surface area (Å²) in [5, 5.41) is 0. The highest BCUT2D eigenvalue weighted by molar-refractivity contribution is 6.52. The van der Waals surface area contributed by atoms with E-state index in [4.69, 9.17) is 0 Å². The van der Waals surface area contributed by atoms with Gasteiger partial charge in [-0.25, -0.2) is 0 Å². The van der Waals surface area contributed by atoms with Gasteiger partial charge in [0, 0.05) is 25.8 Å². The second kappa shape index (κ2) is 5.10. The number of carbonyl (C=O) groups excluding carboxylic acids is 2. The molecule has 1 aliphatic rings. The van der Waals surface area contributed by atoms with E-state index in [1.54, 1.807) is 25.3 Å². The summed E-state index contributed by atoms with van der Waals surface area (Å²) < 4.78 is 0. The Labute approximate surface area is 112 Å². The summed E-state index contributed by atoms with van der Waals surface area (Å²) in [6, 6.07) is 5.40. The predicted molar refractivity (Wildman–Crippen MR) is 76.8 cm³/mol. The van der Waals surface area contributed by atoms with E-state index >= 15 is 0 Å². The van der Waals surface area contributed by atoms with Crippen LogP contribution in [0.1, 0.15) is 10.4 Å². The lowest BCUT2D eigenvalue weighted by atomic mass is 10.1. The number of likely N-dealkylation sites (N-methyl/N-ethyl adjacent to an activating group) is 1. The Hall–Kier alpha value is -2.36. The van der Waals surface area contributed by atoms with Gasteiger partial charge in [-0.2, -0.15) is 0 Å². The first-order chi connectivity index (χ1) is 9.10. The number of fused-ring (bicyclic) bond motifs is 1. The minimum atomic E-state index is -0.480. The van der Waals surface area contributed by atoms with Crippen LogP contribution in [-0.4, -0.2) is 31.8 Å². The lowest BCUT2D eigenvalue weighted by Crippen LogP contribution is -2.25. The topological polar surface area (TPSA) is 40.6 Å². The molecular weight excluding hydrogens is 240 g/mol. The highest BCUT2D eigenvalue weighted by Gasteiger charge is 2.33. The molecule has 0 saturated heterocycles. The highest BCUT2D eigenvalue weighted by Crippen LogP contribution is 2.31. The third-order valence-electron chi connectivity index (χ3n) is 3.15. The van der Waals surface area contributed by atoms with Crippen LogP contribution in [-0.2, 0) is 4.79 Å². The van der Waals surface area contributed by atoms with Gasteiger partial charge >= 0.3 is 0 Å². The van der Waals surface area contributed by atoms with Crippen LogP contribution < -0.4 is 9.80 Å². The second-order valence-corrected chi connectivity index (χ2v) is 4.38. The van der Waals surface area contributed by atoms with Crippen LogP contribution in [0.5, 0.6) is 0 Å². The van der Waals surface area contributed by atoms with Crippen LogP contribution in [0.2, 0.25) is 0 Å². The first-order valence-corrected chi connectivity index (χ1v) is 6.03. The van der Waals surface area contributed by atoms with Crippen molar-refractivity contribution in [3.63, 3.8) is 0 Å². The highest BCUT2D eigenvalue weighted by atomic mass is 16.2. The largest absolute Gasteiger partial charge is 0.364 e. The predicted octanol–water partition coefficient (Wildman–Crippen LogP) is 2.02. The van der Waals surface area contributed by atoms with Crippen molar-refractivity contribution in [3.8, 4) is 0 Å². The summed E-state index contributed by atoms with van der Waals surface area (Å²) in [6.07, 6.45) is 3.60. The molecule has 0 aliphatic carbocycles. The number of carbonyl (C=O) groups is 2. The van der Waals surface area contributed by atoms with Crippen molar-refractivity contribution in [2.24, 2.45) is 0 Å². The minimum absolute atomic E-state index is 0.442. The SMILES string of the molecule is C=CCN(CC=C)c1ccc2c(c1)N(C)C(=O)C2=O. The van der Waals surface area contributed by atoms with Crippen molar-refractivity contribution in [1.82, 2.24) is 0 Å². The zero-order chi connectivity index (χ0) is 14.0. The molecule has 1 aromatic carbocycles. The van der Waals surface area contributed by atoms with Crippen LogP contribution in [0.3, 0.4) is 0 Å². The van der Waals surface area contributed by atoms with E-state index in [9.17, 15) is 9.59 Å². The van der Waals surface area contributed by atoms with Crippen LogP contribution in [0.4, 0.5) is 11.4 Å². The van der Waals surface area contributed by atoms with Crippen molar-refractivity contribution in [3.05, 3.63) is 49.1 Å². The van der Waals surface area contributed by atoms with E-state index < -0.39 is 11.7 Å². The van der Waals surface area contributed by atoms with Crippen molar-refractivity contribution < 1.29 is 9.59 Å². The van der Waals surface area contributed by atoms with Crippen molar-refractivity contribution in [1.29, 1.82) is 0 Å². The van der Waals surface area contributed by atoms with Gasteiger partial charge < -0.3 is 9.80 Å². The van der Waals surface area contributed by atoms with E-state index in [1.807, 2.05) is 12.1 Å². The molecule has 0 unspecified atom stereocenters. The third-order valence-corrected chi connectivity index (χ3v) is 3.15. The molecule has 0 saturated carbocycles. The fourth-order valence-electron chi connectivity index (χ4n) is 2.16. The van der Waals surface area contributed by atoms with Gasteiger partial charge in [0.05, 0.1) is 11.3 Å². The number of amides is 1. The fourth-order valence-corrected chi connectivity index (χ4v) is 2.16. The standard InChI is InChI=1S/C15H16N2O2/c1-4-8-17(9-5-2)11-6-7-12-13(10-11)16(3)15(19)14(12)18/h4-7,10H,1-2,8-9H2,3H3. The maximum Gasteiger partial charge on any atom is 0.299 e. The average molecular weight is 256 g/mol. The average Bonchev–Trinajstić information content (AvgIpc) is 2.63. The van der Waals surface area contributed by atoms with Crippen LogP contribution >= 0.6 is 0 Å². The molecule has 2 rings (SSSR count). The molecule has 4 nitrogen and oxygen atoms in total. The summed E-state index contributed by atoms with van der Waals surface area (Å²) in [4.78, 5) is 26.8. The van der Waals surface area contributed by atoms with Gasteiger partial charge in [-0.05, 0) is 18.2 Å². The van der Waals surface area contributed by atoms with Crippen LogP contribution in [0, 0.1) is 0 Å². The molecule has 1 aliphatic heterocycles. The van der Waals surface area contributed by atoms with Gasteiger partial charge in [-0.1, -0.05) is 12.2 Å². The zero-order valence-electron chi connectivity index (χ0n) is 10.9. The van der Waals surface area contributed by atoms with Crippen LogP contribution in [0.15, 0.2) is 43.5 Å². The van der Waals surface area contributed by atoms with E-state index in [-0.39, 0.29) is 0 Å². The van der Waals surface area contributed by atoms with E-state index in [1.165, 1.54) is 4.90 Å². The maximum atomic E-state index is 11.7. The quantitative estimate of drug-likeness (QED) is 0.598. The number of nitrogens with zero attached hydrogens (tertiary/aromatic N) is 2. The molecule has 4 heteroatoms. The van der Waals surface area contributed by atoms with E-state index in [2.05, 4.69) is 18.1 Å². The number of benzene rings is 1. The van der Waals surface area contributed by atoms with Crippen molar-refractivity contribution in [2.45, 2.75) is 0 Å². The Balaban J connectivity index is 2.41. The molecule has 0 atom stereocenters. The normalized spacial score (nSPS) is 13.4. The molecule has 0 radical (unpaired) electrons. The van der Waals surface area contributed by atoms with Gasteiger partial charge in [-0.3, -0.25) is 9.59 Å². The Bertz CT molecular complexity index is 553. The Morgan fingerprint density at radius 1 is 1.21 bits per heavy atom. The fraction of sp³-hybridized carbons (Fsp3) is 0.200. The van der Waals surface area contributed by atoms with E-state index in [0.29, 0.717) is 24.3 Å². The molecule has 1 amide bonds. The third kappa shape index (κ3) is 2.17. The Morgan fingerprint density at radius 3 is 2.42 bits per heavy atom. The van der Waals surface area contributed by atoms with Crippen molar-refractivity contribution >= 4 is 23.1 Å². The van der Waals surface area contributed by atoms with Crippen molar-refractivity contribution in [2.75, 3.05) is 29.9 Å². The minimum Gasteiger partial charge on any atom is -0.364 e. The molecule has 0 fully saturated rings. The second-order valence-electron chi connectivity index (χ2n) is 4.38. The number of hydrogen-bond acceptors (Lipinski definition) is 3. The molecule has 0 bridgehead atoms. The number of hydrogen-bond donors (Lipinski definition) is 0. The number of rotatable bonds is 5. The Kier molecular flexibility index (Phi) is 3.51.